The molecule has 0 aromatic heterocycles. The van der Waals surface area contributed by atoms with Crippen molar-refractivity contribution in [2.24, 2.45) is 0 Å². The first-order valence-electron chi connectivity index (χ1n) is 10.4. The Morgan fingerprint density at radius 3 is 2.50 bits per heavy atom. The van der Waals surface area contributed by atoms with E-state index in [0.717, 1.165) is 17.5 Å². The number of piperidine rings is 1. The number of hydrogen-bond donors (Lipinski definition) is 1. The summed E-state index contributed by atoms with van der Waals surface area (Å²) in [6.07, 6.45) is 0.745. The maximum Gasteiger partial charge on any atom is 0.320 e. The van der Waals surface area contributed by atoms with Gasteiger partial charge in [-0.2, -0.15) is 0 Å². The Labute approximate surface area is 176 Å². The SMILES string of the molecule is COC(=O)C(C)(C)c1ccc(C2CN(C(=O)N3CC[C@@H]4OCC(=O)N[C@@H]4C3)C2)cc1. The molecule has 3 aliphatic rings. The van der Waals surface area contributed by atoms with Crippen LogP contribution < -0.4 is 5.32 Å². The highest BCUT2D eigenvalue weighted by atomic mass is 16.5. The minimum Gasteiger partial charge on any atom is -0.468 e. The maximum atomic E-state index is 12.9. The molecule has 8 heteroatoms. The molecule has 3 aliphatic heterocycles. The fourth-order valence-corrected chi connectivity index (χ4v) is 4.46. The number of carbonyl (C=O) groups is 3. The Morgan fingerprint density at radius 2 is 1.83 bits per heavy atom. The molecule has 8 nitrogen and oxygen atoms in total. The highest BCUT2D eigenvalue weighted by Gasteiger charge is 2.40. The number of esters is 1. The van der Waals surface area contributed by atoms with Gasteiger partial charge in [-0.1, -0.05) is 24.3 Å². The van der Waals surface area contributed by atoms with Crippen LogP contribution in [-0.4, -0.2) is 79.7 Å². The molecule has 3 heterocycles. The van der Waals surface area contributed by atoms with Crippen LogP contribution in [0.1, 0.15) is 37.3 Å². The van der Waals surface area contributed by atoms with Crippen molar-refractivity contribution in [1.82, 2.24) is 15.1 Å². The number of nitrogens with one attached hydrogen (secondary N) is 1. The van der Waals surface area contributed by atoms with Gasteiger partial charge in [0.15, 0.2) is 0 Å². The summed E-state index contributed by atoms with van der Waals surface area (Å²) in [5.74, 6) is -0.0909. The molecule has 3 fully saturated rings. The van der Waals surface area contributed by atoms with Crippen molar-refractivity contribution in [3.8, 4) is 0 Å². The van der Waals surface area contributed by atoms with E-state index < -0.39 is 5.41 Å². The first-order valence-corrected chi connectivity index (χ1v) is 10.4. The molecule has 0 spiro atoms. The lowest BCUT2D eigenvalue weighted by Crippen LogP contribution is -2.63. The van der Waals surface area contributed by atoms with Gasteiger partial charge >= 0.3 is 12.0 Å². The lowest BCUT2D eigenvalue weighted by atomic mass is 9.82. The van der Waals surface area contributed by atoms with Gasteiger partial charge in [-0.05, 0) is 31.4 Å². The van der Waals surface area contributed by atoms with Crippen molar-refractivity contribution in [1.29, 1.82) is 0 Å². The van der Waals surface area contributed by atoms with Crippen molar-refractivity contribution >= 4 is 17.9 Å². The van der Waals surface area contributed by atoms with Gasteiger partial charge in [0.05, 0.1) is 24.7 Å². The quantitative estimate of drug-likeness (QED) is 0.751. The summed E-state index contributed by atoms with van der Waals surface area (Å²) in [6, 6.07) is 7.90. The van der Waals surface area contributed by atoms with E-state index in [-0.39, 0.29) is 36.7 Å². The van der Waals surface area contributed by atoms with Gasteiger partial charge in [-0.3, -0.25) is 9.59 Å². The van der Waals surface area contributed by atoms with Crippen molar-refractivity contribution in [2.75, 3.05) is 39.9 Å². The minimum atomic E-state index is -0.695. The predicted molar refractivity (Wildman–Crippen MR) is 109 cm³/mol. The molecule has 0 unspecified atom stereocenters. The second-order valence-electron chi connectivity index (χ2n) is 8.88. The van der Waals surface area contributed by atoms with Gasteiger partial charge < -0.3 is 24.6 Å². The van der Waals surface area contributed by atoms with Crippen LogP contribution in [0.3, 0.4) is 0 Å². The summed E-state index contributed by atoms with van der Waals surface area (Å²) in [5, 5.41) is 2.93. The summed E-state index contributed by atoms with van der Waals surface area (Å²) in [7, 11) is 1.40. The van der Waals surface area contributed by atoms with E-state index in [2.05, 4.69) is 5.32 Å². The van der Waals surface area contributed by atoms with Crippen molar-refractivity contribution < 1.29 is 23.9 Å². The summed E-state index contributed by atoms with van der Waals surface area (Å²) < 4.78 is 10.5. The Morgan fingerprint density at radius 1 is 1.13 bits per heavy atom. The number of benzene rings is 1. The third kappa shape index (κ3) is 3.76. The molecule has 0 bridgehead atoms. The number of urea groups is 1. The van der Waals surface area contributed by atoms with Crippen LogP contribution in [0.4, 0.5) is 4.79 Å². The summed E-state index contributed by atoms with van der Waals surface area (Å²) >= 11 is 0. The molecule has 30 heavy (non-hydrogen) atoms. The van der Waals surface area contributed by atoms with Gasteiger partial charge in [-0.15, -0.1) is 0 Å². The first-order chi connectivity index (χ1) is 14.3. The molecular weight excluding hydrogens is 386 g/mol. The van der Waals surface area contributed by atoms with Gasteiger partial charge in [0.25, 0.3) is 0 Å². The van der Waals surface area contributed by atoms with Crippen LogP contribution in [0.2, 0.25) is 0 Å². The van der Waals surface area contributed by atoms with E-state index >= 15 is 0 Å². The van der Waals surface area contributed by atoms with Crippen molar-refractivity contribution in [3.05, 3.63) is 35.4 Å². The van der Waals surface area contributed by atoms with Crippen LogP contribution in [0.5, 0.6) is 0 Å². The molecule has 0 aliphatic carbocycles. The molecule has 1 aromatic carbocycles. The highest BCUT2D eigenvalue weighted by molar-refractivity contribution is 5.82. The third-order valence-electron chi connectivity index (χ3n) is 6.55. The Hall–Kier alpha value is -2.61. The zero-order valence-electron chi connectivity index (χ0n) is 17.7. The fraction of sp³-hybridized carbons (Fsp3) is 0.591. The normalized spacial score (nSPS) is 24.6. The number of likely N-dealkylation sites (tertiary alicyclic amines) is 2. The number of hydrogen-bond acceptors (Lipinski definition) is 5. The van der Waals surface area contributed by atoms with Gasteiger partial charge in [0.2, 0.25) is 5.91 Å². The predicted octanol–water partition coefficient (Wildman–Crippen LogP) is 1.25. The maximum absolute atomic E-state index is 12.9. The Bertz CT molecular complexity index is 832. The molecule has 162 valence electrons. The summed E-state index contributed by atoms with van der Waals surface area (Å²) in [4.78, 5) is 40.1. The second-order valence-corrected chi connectivity index (χ2v) is 8.88. The number of fused-ring (bicyclic) bond motifs is 1. The van der Waals surface area contributed by atoms with E-state index in [1.54, 1.807) is 0 Å². The third-order valence-corrected chi connectivity index (χ3v) is 6.55. The standard InChI is InChI=1S/C22H29N3O5/c1-22(2,20(27)29-3)16-6-4-14(5-7-16)15-10-25(11-15)21(28)24-9-8-18-17(12-24)23-19(26)13-30-18/h4-7,15,17-18H,8-13H2,1-3H3,(H,23,26)/t17-,18+/m1/s1. The van der Waals surface area contributed by atoms with E-state index in [1.165, 1.54) is 7.11 Å². The number of ether oxygens (including phenoxy) is 2. The number of morpholine rings is 1. The number of amides is 3. The first kappa shape index (κ1) is 20.7. The van der Waals surface area contributed by atoms with Crippen LogP contribution in [0.25, 0.3) is 0 Å². The van der Waals surface area contributed by atoms with Crippen LogP contribution in [0, 0.1) is 0 Å². The van der Waals surface area contributed by atoms with Crippen molar-refractivity contribution in [3.63, 3.8) is 0 Å². The van der Waals surface area contributed by atoms with Crippen LogP contribution >= 0.6 is 0 Å². The zero-order valence-corrected chi connectivity index (χ0v) is 17.7. The number of rotatable bonds is 3. The molecule has 3 saturated heterocycles. The summed E-state index contributed by atoms with van der Waals surface area (Å²) in [6.45, 7) is 6.29. The largest absolute Gasteiger partial charge is 0.468 e. The lowest BCUT2D eigenvalue weighted by molar-refractivity contribution is -0.146. The zero-order chi connectivity index (χ0) is 21.5. The lowest BCUT2D eigenvalue weighted by Gasteiger charge is -2.46. The molecule has 2 atom stereocenters. The van der Waals surface area contributed by atoms with Crippen LogP contribution in [-0.2, 0) is 24.5 Å². The minimum absolute atomic E-state index is 0.00337. The summed E-state index contributed by atoms with van der Waals surface area (Å²) in [5.41, 5.74) is 1.37. The number of nitrogens with zero attached hydrogens (tertiary/aromatic N) is 2. The Kier molecular flexibility index (Phi) is 5.44. The molecule has 0 saturated carbocycles. The second kappa shape index (κ2) is 7.91. The molecule has 3 amide bonds. The van der Waals surface area contributed by atoms with E-state index in [9.17, 15) is 14.4 Å². The molecule has 0 radical (unpaired) electrons. The molecule has 4 rings (SSSR count). The molecular formula is C22H29N3O5. The Balaban J connectivity index is 1.32. The highest BCUT2D eigenvalue weighted by Crippen LogP contribution is 2.31. The van der Waals surface area contributed by atoms with E-state index in [4.69, 9.17) is 9.47 Å². The van der Waals surface area contributed by atoms with E-state index in [0.29, 0.717) is 32.1 Å². The molecule has 1 N–H and O–H groups in total. The molecule has 1 aromatic rings. The van der Waals surface area contributed by atoms with Crippen LogP contribution in [0.15, 0.2) is 24.3 Å². The number of methoxy groups -OCH3 is 1. The average Bonchev–Trinajstić information content (AvgIpc) is 2.71. The number of carbonyl (C=O) groups excluding carboxylic acids is 3. The van der Waals surface area contributed by atoms with Gasteiger partial charge in [-0.25, -0.2) is 4.79 Å². The monoisotopic (exact) mass is 415 g/mol. The average molecular weight is 415 g/mol. The topological polar surface area (TPSA) is 88.2 Å². The fourth-order valence-electron chi connectivity index (χ4n) is 4.46. The van der Waals surface area contributed by atoms with Crippen molar-refractivity contribution in [2.45, 2.75) is 43.7 Å². The van der Waals surface area contributed by atoms with Gasteiger partial charge in [0.1, 0.15) is 6.61 Å². The van der Waals surface area contributed by atoms with E-state index in [1.807, 2.05) is 47.9 Å². The van der Waals surface area contributed by atoms with Gasteiger partial charge in [0, 0.05) is 32.1 Å². The smallest absolute Gasteiger partial charge is 0.320 e.